The van der Waals surface area contributed by atoms with Crippen molar-refractivity contribution in [2.45, 2.75) is 66.2 Å². The van der Waals surface area contributed by atoms with Gasteiger partial charge in [-0.3, -0.25) is 0 Å². The lowest BCUT2D eigenvalue weighted by atomic mass is 10.0. The molecule has 5 aromatic rings. The second kappa shape index (κ2) is 13.8. The Bertz CT molecular complexity index is 2490. The van der Waals surface area contributed by atoms with Crippen LogP contribution in [0.25, 0.3) is 29.9 Å². The highest BCUT2D eigenvalue weighted by molar-refractivity contribution is 6.76. The van der Waals surface area contributed by atoms with Gasteiger partial charge in [-0.2, -0.15) is 0 Å². The van der Waals surface area contributed by atoms with Crippen molar-refractivity contribution >= 4 is 49.6 Å². The lowest BCUT2D eigenvalue weighted by Crippen LogP contribution is -2.22. The van der Waals surface area contributed by atoms with Gasteiger partial charge in [0.1, 0.15) is 0 Å². The molecule has 0 unspecified atom stereocenters. The van der Waals surface area contributed by atoms with E-state index in [-0.39, 0.29) is 5.97 Å². The summed E-state index contributed by atoms with van der Waals surface area (Å²) in [5.41, 5.74) is 13.6. The normalized spacial score (nSPS) is 18.5. The molecule has 260 valence electrons. The SMILES string of the molecule is CCC1=C(C)/C2=C/c3ccc([nH]3)/C(c3ccc(C(=O)OCC[Si](C)(C)C)cc3)=c3/cc/c([nH]3)=C/c3[nH]c(c(CC)c3C)/C=c3/cc/c([nH]3)=C/C1=N2. The molecule has 7 nitrogen and oxygen atoms in total. The molecule has 0 saturated carbocycles. The maximum absolute atomic E-state index is 12.9. The molecule has 4 N–H and O–H groups in total. The molecule has 0 atom stereocenters. The average Bonchev–Trinajstić information content (AvgIpc) is 3.93. The number of hydrogen-bond acceptors (Lipinski definition) is 3. The largest absolute Gasteiger partial charge is 0.462 e. The summed E-state index contributed by atoms with van der Waals surface area (Å²) in [5, 5.41) is 4.02. The molecule has 51 heavy (non-hydrogen) atoms. The third-order valence-electron chi connectivity index (χ3n) is 9.91. The van der Waals surface area contributed by atoms with E-state index in [1.165, 1.54) is 22.3 Å². The van der Waals surface area contributed by atoms with Crippen molar-refractivity contribution in [3.8, 4) is 0 Å². The number of H-pyrrole nitrogens is 4. The fourth-order valence-corrected chi connectivity index (χ4v) is 7.70. The van der Waals surface area contributed by atoms with Crippen LogP contribution in [0.1, 0.15) is 77.0 Å². The fraction of sp³-hybridized carbons (Fsp3) is 0.256. The highest BCUT2D eigenvalue weighted by Crippen LogP contribution is 2.30. The quantitative estimate of drug-likeness (QED) is 0.114. The van der Waals surface area contributed by atoms with E-state index in [1.54, 1.807) is 0 Å². The lowest BCUT2D eigenvalue weighted by Gasteiger charge is -2.15. The Kier molecular flexibility index (Phi) is 9.20. The van der Waals surface area contributed by atoms with Gasteiger partial charge in [0.15, 0.2) is 0 Å². The number of aromatic amines is 4. The minimum Gasteiger partial charge on any atom is -0.462 e. The second-order valence-corrected chi connectivity index (χ2v) is 20.4. The molecule has 0 aliphatic carbocycles. The van der Waals surface area contributed by atoms with Crippen molar-refractivity contribution in [2.75, 3.05) is 6.61 Å². The van der Waals surface area contributed by atoms with Gasteiger partial charge in [-0.15, -0.1) is 0 Å². The van der Waals surface area contributed by atoms with Crippen LogP contribution in [0.2, 0.25) is 25.7 Å². The highest BCUT2D eigenvalue weighted by atomic mass is 28.3. The van der Waals surface area contributed by atoms with Crippen LogP contribution in [-0.4, -0.2) is 46.3 Å². The molecule has 0 saturated heterocycles. The zero-order valence-electron chi connectivity index (χ0n) is 30.7. The van der Waals surface area contributed by atoms with Crippen molar-refractivity contribution in [3.63, 3.8) is 0 Å². The smallest absolute Gasteiger partial charge is 0.338 e. The summed E-state index contributed by atoms with van der Waals surface area (Å²) in [4.78, 5) is 32.7. The Hall–Kier alpha value is -5.34. The zero-order valence-corrected chi connectivity index (χ0v) is 31.7. The number of benzene rings is 1. The number of nitrogens with zero attached hydrogens (tertiary/aromatic N) is 1. The van der Waals surface area contributed by atoms with Crippen LogP contribution in [0.15, 0.2) is 82.5 Å². The Morgan fingerprint density at radius 1 is 0.745 bits per heavy atom. The van der Waals surface area contributed by atoms with Crippen molar-refractivity contribution in [2.24, 2.45) is 4.99 Å². The highest BCUT2D eigenvalue weighted by Gasteiger charge is 2.20. The first kappa shape index (κ1) is 34.1. The molecule has 0 spiro atoms. The van der Waals surface area contributed by atoms with Crippen LogP contribution in [0, 0.1) is 6.92 Å². The summed E-state index contributed by atoms with van der Waals surface area (Å²) in [6, 6.07) is 21.4. The van der Waals surface area contributed by atoms with Gasteiger partial charge < -0.3 is 24.7 Å². The second-order valence-electron chi connectivity index (χ2n) is 14.7. The number of carbonyl (C=O) groups excluding carboxylic acids is 1. The Labute approximate surface area is 300 Å². The summed E-state index contributed by atoms with van der Waals surface area (Å²) >= 11 is 0. The van der Waals surface area contributed by atoms with Crippen LogP contribution in [0.4, 0.5) is 0 Å². The van der Waals surface area contributed by atoms with E-state index in [0.717, 1.165) is 85.6 Å². The molecule has 4 aromatic heterocycles. The summed E-state index contributed by atoms with van der Waals surface area (Å²) in [6.45, 7) is 16.0. The van der Waals surface area contributed by atoms with Crippen molar-refractivity contribution in [3.05, 3.63) is 144 Å². The summed E-state index contributed by atoms with van der Waals surface area (Å²) in [7, 11) is -1.30. The third kappa shape index (κ3) is 7.14. The third-order valence-corrected chi connectivity index (χ3v) is 11.6. The molecule has 8 heteroatoms. The van der Waals surface area contributed by atoms with Gasteiger partial charge in [0.25, 0.3) is 0 Å². The van der Waals surface area contributed by atoms with Gasteiger partial charge >= 0.3 is 5.97 Å². The molecule has 2 aliphatic heterocycles. The van der Waals surface area contributed by atoms with E-state index in [4.69, 9.17) is 9.73 Å². The van der Waals surface area contributed by atoms with Crippen molar-refractivity contribution < 1.29 is 9.53 Å². The number of nitrogens with one attached hydrogen (secondary N) is 4. The standard InChI is InChI=1S/C43H47N5O2Si/c1-8-34-26(3)38-22-32-16-18-36(45-32)42(28-10-12-29(13-11-28)43(49)50-20-21-51(5,6)7)37-19-17-33(46-37)23-39-27(4)35(9-2)41(48-39)25-31-15-14-30(44-31)24-40(34)47-38/h10-19,22-25,44-47H,8-9,20-21H2,1-7H3/b30-24-,31-25-,32-22-,33-23?,38-22?,39-23-,40-24?,41-25?,42-36-,42-37?. The minimum atomic E-state index is -1.30. The van der Waals surface area contributed by atoms with E-state index < -0.39 is 8.07 Å². The maximum Gasteiger partial charge on any atom is 0.338 e. The van der Waals surface area contributed by atoms with Crippen LogP contribution in [-0.2, 0) is 11.2 Å². The molecule has 7 rings (SSSR count). The van der Waals surface area contributed by atoms with Gasteiger partial charge in [-0.05, 0) is 133 Å². The fourth-order valence-electron chi connectivity index (χ4n) is 6.99. The number of rotatable bonds is 7. The Balaban J connectivity index is 1.39. The van der Waals surface area contributed by atoms with E-state index in [1.807, 2.05) is 24.3 Å². The van der Waals surface area contributed by atoms with Crippen LogP contribution >= 0.6 is 0 Å². The number of ether oxygens (including phenoxy) is 1. The summed E-state index contributed by atoms with van der Waals surface area (Å²) in [6.07, 6.45) is 10.5. The van der Waals surface area contributed by atoms with Crippen molar-refractivity contribution in [1.82, 2.24) is 19.9 Å². The molecule has 10 bridgehead atoms. The van der Waals surface area contributed by atoms with Gasteiger partial charge in [-0.25, -0.2) is 9.79 Å². The minimum absolute atomic E-state index is 0.282. The molecule has 1 aromatic carbocycles. The molecule has 2 aliphatic rings. The Morgan fingerprint density at radius 2 is 1.45 bits per heavy atom. The molecule has 0 fully saturated rings. The number of hydrogen-bond donors (Lipinski definition) is 4. The Morgan fingerprint density at radius 3 is 2.18 bits per heavy atom. The predicted octanol–water partition coefficient (Wildman–Crippen LogP) is 6.59. The molecular formula is C43H47N5O2Si. The first-order valence-corrected chi connectivity index (χ1v) is 21.7. The van der Waals surface area contributed by atoms with E-state index >= 15 is 0 Å². The lowest BCUT2D eigenvalue weighted by molar-refractivity contribution is 0.0525. The monoisotopic (exact) mass is 693 g/mol. The van der Waals surface area contributed by atoms with Gasteiger partial charge in [-0.1, -0.05) is 45.6 Å². The maximum atomic E-state index is 12.9. The topological polar surface area (TPSA) is 102 Å². The van der Waals surface area contributed by atoms with Crippen molar-refractivity contribution in [1.29, 1.82) is 0 Å². The van der Waals surface area contributed by atoms with E-state index in [9.17, 15) is 4.79 Å². The first-order valence-electron chi connectivity index (χ1n) is 18.0. The van der Waals surface area contributed by atoms with Crippen LogP contribution < -0.4 is 21.4 Å². The molecule has 6 heterocycles. The zero-order chi connectivity index (χ0) is 35.9. The average molecular weight is 694 g/mol. The van der Waals surface area contributed by atoms with E-state index in [0.29, 0.717) is 12.2 Å². The first-order chi connectivity index (χ1) is 24.5. The number of fused-ring (bicyclic) bond motifs is 9. The predicted molar refractivity (Wildman–Crippen MR) is 212 cm³/mol. The molecule has 0 amide bonds. The number of carbonyl (C=O) groups is 1. The van der Waals surface area contributed by atoms with Gasteiger partial charge in [0, 0.05) is 57.8 Å². The number of esters is 1. The van der Waals surface area contributed by atoms with Gasteiger partial charge in [0.05, 0.1) is 23.6 Å². The number of aromatic nitrogens is 4. The summed E-state index contributed by atoms with van der Waals surface area (Å²) < 4.78 is 5.64. The number of allylic oxidation sites excluding steroid dienone is 2. The van der Waals surface area contributed by atoms with Crippen LogP contribution in [0.5, 0.6) is 0 Å². The number of aliphatic imine (C=N–C) groups is 1. The van der Waals surface area contributed by atoms with Crippen LogP contribution in [0.3, 0.4) is 0 Å². The summed E-state index contributed by atoms with van der Waals surface area (Å²) in [5.74, 6) is -0.282. The van der Waals surface area contributed by atoms with E-state index in [2.05, 4.69) is 128 Å². The molecule has 0 radical (unpaired) electrons. The van der Waals surface area contributed by atoms with Gasteiger partial charge in [0.2, 0.25) is 0 Å². The molecular weight excluding hydrogens is 647 g/mol.